The van der Waals surface area contributed by atoms with Gasteiger partial charge in [0.15, 0.2) is 5.13 Å². The van der Waals surface area contributed by atoms with Gasteiger partial charge in [-0.2, -0.15) is 0 Å². The highest BCUT2D eigenvalue weighted by atomic mass is 32.1. The van der Waals surface area contributed by atoms with E-state index in [0.717, 1.165) is 4.88 Å². The van der Waals surface area contributed by atoms with Crippen LogP contribution in [0, 0.1) is 6.92 Å². The second-order valence-corrected chi connectivity index (χ2v) is 4.67. The molecule has 0 spiro atoms. The van der Waals surface area contributed by atoms with Crippen LogP contribution in [0.3, 0.4) is 0 Å². The summed E-state index contributed by atoms with van der Waals surface area (Å²) in [5.41, 5.74) is 4.88. The van der Waals surface area contributed by atoms with Crippen molar-refractivity contribution in [3.8, 4) is 0 Å². The van der Waals surface area contributed by atoms with Gasteiger partial charge in [0.05, 0.1) is 6.42 Å². The average molecular weight is 272 g/mol. The Labute approximate surface area is 106 Å². The first-order valence-electron chi connectivity index (χ1n) is 4.89. The Kier molecular flexibility index (Phi) is 4.60. The standard InChI is InChI=1S/C9H12N4O4S/c1-4-3-11-9(18-4)13-8(17)12-5(7(15)16)2-6(10)14/h3,5H,2H2,1H3,(H2,10,14)(H,15,16)(H2,11,12,13,17). The van der Waals surface area contributed by atoms with Crippen LogP contribution in [-0.4, -0.2) is 34.0 Å². The molecular formula is C9H12N4O4S. The molecule has 9 heteroatoms. The zero-order valence-electron chi connectivity index (χ0n) is 9.47. The Bertz CT molecular complexity index is 473. The highest BCUT2D eigenvalue weighted by Gasteiger charge is 2.22. The maximum Gasteiger partial charge on any atom is 0.326 e. The van der Waals surface area contributed by atoms with Gasteiger partial charge in [-0.1, -0.05) is 0 Å². The van der Waals surface area contributed by atoms with Crippen LogP contribution in [0.5, 0.6) is 0 Å². The maximum atomic E-state index is 11.4. The van der Waals surface area contributed by atoms with Crippen molar-refractivity contribution >= 4 is 34.4 Å². The molecule has 0 aliphatic carbocycles. The van der Waals surface area contributed by atoms with Crippen molar-refractivity contribution in [2.45, 2.75) is 19.4 Å². The van der Waals surface area contributed by atoms with Gasteiger partial charge in [-0.15, -0.1) is 11.3 Å². The number of hydrogen-bond acceptors (Lipinski definition) is 5. The minimum atomic E-state index is -1.36. The molecule has 8 nitrogen and oxygen atoms in total. The van der Waals surface area contributed by atoms with Gasteiger partial charge in [0.2, 0.25) is 5.91 Å². The molecule has 0 aliphatic heterocycles. The second kappa shape index (κ2) is 5.96. The van der Waals surface area contributed by atoms with E-state index >= 15 is 0 Å². The van der Waals surface area contributed by atoms with Gasteiger partial charge < -0.3 is 16.2 Å². The number of carboxylic acid groups (broad SMARTS) is 1. The molecule has 0 aliphatic rings. The van der Waals surface area contributed by atoms with Gasteiger partial charge in [0.25, 0.3) is 0 Å². The summed E-state index contributed by atoms with van der Waals surface area (Å²) in [6.45, 7) is 1.81. The lowest BCUT2D eigenvalue weighted by molar-refractivity contribution is -0.140. The number of hydrogen-bond donors (Lipinski definition) is 4. The van der Waals surface area contributed by atoms with Gasteiger partial charge in [0, 0.05) is 11.1 Å². The number of nitrogens with one attached hydrogen (secondary N) is 2. The summed E-state index contributed by atoms with van der Waals surface area (Å²) < 4.78 is 0. The number of urea groups is 1. The summed E-state index contributed by atoms with van der Waals surface area (Å²) in [6.07, 6.45) is 1.10. The van der Waals surface area contributed by atoms with E-state index in [1.165, 1.54) is 11.3 Å². The molecule has 3 amide bonds. The van der Waals surface area contributed by atoms with Crippen molar-refractivity contribution in [3.63, 3.8) is 0 Å². The van der Waals surface area contributed by atoms with E-state index < -0.39 is 30.4 Å². The maximum absolute atomic E-state index is 11.4. The SMILES string of the molecule is Cc1cnc(NC(=O)NC(CC(N)=O)C(=O)O)s1. The molecule has 1 rings (SSSR count). The van der Waals surface area contributed by atoms with Crippen LogP contribution >= 0.6 is 11.3 Å². The molecule has 0 radical (unpaired) electrons. The Balaban J connectivity index is 2.56. The molecule has 0 saturated heterocycles. The highest BCUT2D eigenvalue weighted by Crippen LogP contribution is 2.16. The molecule has 18 heavy (non-hydrogen) atoms. The normalized spacial score (nSPS) is 11.6. The van der Waals surface area contributed by atoms with E-state index in [1.807, 2.05) is 6.92 Å². The fourth-order valence-electron chi connectivity index (χ4n) is 1.11. The number of thiazole rings is 1. The third-order valence-corrected chi connectivity index (χ3v) is 2.68. The van der Waals surface area contributed by atoms with E-state index in [4.69, 9.17) is 10.8 Å². The van der Waals surface area contributed by atoms with Crippen LogP contribution in [0.1, 0.15) is 11.3 Å². The minimum Gasteiger partial charge on any atom is -0.480 e. The zero-order chi connectivity index (χ0) is 13.7. The third kappa shape index (κ3) is 4.37. The predicted molar refractivity (Wildman–Crippen MR) is 64.2 cm³/mol. The van der Waals surface area contributed by atoms with Crippen molar-refractivity contribution in [1.29, 1.82) is 0 Å². The Morgan fingerprint density at radius 1 is 1.56 bits per heavy atom. The average Bonchev–Trinajstić information content (AvgIpc) is 2.62. The van der Waals surface area contributed by atoms with E-state index in [-0.39, 0.29) is 0 Å². The molecule has 1 heterocycles. The molecule has 0 fully saturated rings. The number of primary amides is 1. The summed E-state index contributed by atoms with van der Waals surface area (Å²) in [5.74, 6) is -2.15. The van der Waals surface area contributed by atoms with Crippen molar-refractivity contribution in [2.75, 3.05) is 5.32 Å². The summed E-state index contributed by atoms with van der Waals surface area (Å²) >= 11 is 1.24. The molecule has 1 atom stereocenters. The number of aryl methyl sites for hydroxylation is 1. The molecular weight excluding hydrogens is 260 g/mol. The van der Waals surface area contributed by atoms with Crippen molar-refractivity contribution in [1.82, 2.24) is 10.3 Å². The molecule has 1 aromatic rings. The largest absolute Gasteiger partial charge is 0.480 e. The fraction of sp³-hybridized carbons (Fsp3) is 0.333. The number of aliphatic carboxylic acids is 1. The van der Waals surface area contributed by atoms with Crippen LogP contribution in [0.15, 0.2) is 6.20 Å². The van der Waals surface area contributed by atoms with E-state index in [1.54, 1.807) is 6.20 Å². The molecule has 1 aromatic heterocycles. The topological polar surface area (TPSA) is 134 Å². The summed E-state index contributed by atoms with van der Waals surface area (Å²) in [6, 6.07) is -2.11. The minimum absolute atomic E-state index is 0.341. The third-order valence-electron chi connectivity index (χ3n) is 1.85. The monoisotopic (exact) mass is 272 g/mol. The lowest BCUT2D eigenvalue weighted by Crippen LogP contribution is -2.45. The first-order chi connectivity index (χ1) is 8.38. The fourth-order valence-corrected chi connectivity index (χ4v) is 1.76. The lowest BCUT2D eigenvalue weighted by atomic mass is 10.2. The van der Waals surface area contributed by atoms with Gasteiger partial charge in [-0.05, 0) is 6.92 Å². The highest BCUT2D eigenvalue weighted by molar-refractivity contribution is 7.15. The van der Waals surface area contributed by atoms with Gasteiger partial charge in [-0.3, -0.25) is 10.1 Å². The smallest absolute Gasteiger partial charge is 0.326 e. The number of aromatic nitrogens is 1. The van der Waals surface area contributed by atoms with Gasteiger partial charge >= 0.3 is 12.0 Å². The van der Waals surface area contributed by atoms with Crippen LogP contribution in [0.2, 0.25) is 0 Å². The van der Waals surface area contributed by atoms with Crippen molar-refractivity contribution in [3.05, 3.63) is 11.1 Å². The zero-order valence-corrected chi connectivity index (χ0v) is 10.3. The van der Waals surface area contributed by atoms with Gasteiger partial charge in [0.1, 0.15) is 6.04 Å². The van der Waals surface area contributed by atoms with Crippen LogP contribution in [0.25, 0.3) is 0 Å². The number of carbonyl (C=O) groups excluding carboxylic acids is 2. The molecule has 5 N–H and O–H groups in total. The lowest BCUT2D eigenvalue weighted by Gasteiger charge is -2.12. The number of carboxylic acids is 1. The van der Waals surface area contributed by atoms with Crippen molar-refractivity contribution < 1.29 is 19.5 Å². The van der Waals surface area contributed by atoms with E-state index in [9.17, 15) is 14.4 Å². The summed E-state index contributed by atoms with van der Waals surface area (Å²) in [7, 11) is 0. The summed E-state index contributed by atoms with van der Waals surface area (Å²) in [5, 5.41) is 13.6. The van der Waals surface area contributed by atoms with E-state index in [2.05, 4.69) is 15.6 Å². The number of rotatable bonds is 5. The Morgan fingerprint density at radius 3 is 2.67 bits per heavy atom. The van der Waals surface area contributed by atoms with Crippen molar-refractivity contribution in [2.24, 2.45) is 5.73 Å². The van der Waals surface area contributed by atoms with Crippen LogP contribution < -0.4 is 16.4 Å². The molecule has 0 aromatic carbocycles. The van der Waals surface area contributed by atoms with E-state index in [0.29, 0.717) is 5.13 Å². The number of carbonyl (C=O) groups is 3. The summed E-state index contributed by atoms with van der Waals surface area (Å²) in [4.78, 5) is 37.6. The molecule has 98 valence electrons. The number of nitrogens with zero attached hydrogens (tertiary/aromatic N) is 1. The quantitative estimate of drug-likeness (QED) is 0.593. The first-order valence-corrected chi connectivity index (χ1v) is 5.71. The second-order valence-electron chi connectivity index (χ2n) is 3.44. The van der Waals surface area contributed by atoms with Gasteiger partial charge in [-0.25, -0.2) is 14.6 Å². The molecule has 1 unspecified atom stereocenters. The number of nitrogens with two attached hydrogens (primary N) is 1. The Hall–Kier alpha value is -2.16. The molecule has 0 saturated carbocycles. The first kappa shape index (κ1) is 13.9. The molecule has 0 bridgehead atoms. The number of amides is 3. The Morgan fingerprint density at radius 2 is 2.22 bits per heavy atom. The van der Waals surface area contributed by atoms with Crippen LogP contribution in [0.4, 0.5) is 9.93 Å². The number of anilines is 1. The van der Waals surface area contributed by atoms with Crippen LogP contribution in [-0.2, 0) is 9.59 Å². The predicted octanol–water partition coefficient (Wildman–Crippen LogP) is -0.0984.